The molecule has 8 nitrogen and oxygen atoms in total. The van der Waals surface area contributed by atoms with Crippen molar-refractivity contribution in [2.75, 3.05) is 38.5 Å². The molecule has 0 saturated carbocycles. The lowest BCUT2D eigenvalue weighted by molar-refractivity contribution is 0.0697. The number of thiazole rings is 1. The number of likely N-dealkylation sites (tertiary alicyclic amines) is 2. The lowest BCUT2D eigenvalue weighted by atomic mass is 9.89. The third kappa shape index (κ3) is 2.84. The van der Waals surface area contributed by atoms with Gasteiger partial charge in [0.15, 0.2) is 6.29 Å². The highest BCUT2D eigenvalue weighted by Crippen LogP contribution is 2.36. The first-order valence-corrected chi connectivity index (χ1v) is 11.4. The minimum Gasteiger partial charge on any atom is -0.477 e. The van der Waals surface area contributed by atoms with E-state index >= 15 is 0 Å². The minimum atomic E-state index is -1.21. The molecular weight excluding hydrogens is 414 g/mol. The monoisotopic (exact) mass is 437 g/mol. The fourth-order valence-corrected chi connectivity index (χ4v) is 6.54. The van der Waals surface area contributed by atoms with Gasteiger partial charge in [-0.15, -0.1) is 11.3 Å². The number of para-hydroxylation sites is 1. The Kier molecular flexibility index (Phi) is 4.21. The van der Waals surface area contributed by atoms with Crippen LogP contribution < -0.4 is 10.7 Å². The summed E-state index contributed by atoms with van der Waals surface area (Å²) in [4.78, 5) is 34.9. The molecule has 31 heavy (non-hydrogen) atoms. The molecule has 3 aromatic rings. The number of aromatic carboxylic acids is 1. The van der Waals surface area contributed by atoms with Gasteiger partial charge in [-0.25, -0.2) is 4.79 Å². The van der Waals surface area contributed by atoms with Crippen molar-refractivity contribution in [2.24, 2.45) is 16.8 Å². The van der Waals surface area contributed by atoms with E-state index in [1.165, 1.54) is 17.8 Å². The highest BCUT2D eigenvalue weighted by molar-refractivity contribution is 7.24. The fourth-order valence-electron chi connectivity index (χ4n) is 5.36. The zero-order valence-electron chi connectivity index (χ0n) is 17.1. The van der Waals surface area contributed by atoms with Crippen LogP contribution in [-0.4, -0.2) is 71.0 Å². The summed E-state index contributed by atoms with van der Waals surface area (Å²) in [6, 6.07) is 7.75. The van der Waals surface area contributed by atoms with Crippen molar-refractivity contribution in [1.29, 1.82) is 0 Å². The number of aliphatic imine (C=N–C) groups is 1. The Balaban J connectivity index is 1.47. The zero-order chi connectivity index (χ0) is 21.3. The number of hydrogen-bond acceptors (Lipinski definition) is 7. The molecule has 2 fully saturated rings. The molecule has 5 heterocycles. The molecule has 1 aromatic carbocycles. The average molecular weight is 438 g/mol. The second-order valence-electron chi connectivity index (χ2n) is 8.80. The van der Waals surface area contributed by atoms with Crippen LogP contribution in [0.5, 0.6) is 0 Å². The molecule has 2 saturated heterocycles. The van der Waals surface area contributed by atoms with Crippen LogP contribution in [0.3, 0.4) is 0 Å². The predicted octanol–water partition coefficient (Wildman–Crippen LogP) is 2.22. The number of pyridine rings is 1. The number of rotatable bonds is 2. The molecule has 3 atom stereocenters. The number of piperidine rings is 1. The first-order valence-electron chi connectivity index (χ1n) is 10.6. The van der Waals surface area contributed by atoms with Crippen LogP contribution in [0.25, 0.3) is 15.0 Å². The Labute approximate surface area is 182 Å². The van der Waals surface area contributed by atoms with Gasteiger partial charge in [0.2, 0.25) is 5.43 Å². The third-order valence-electron chi connectivity index (χ3n) is 6.88. The Bertz CT molecular complexity index is 1310. The van der Waals surface area contributed by atoms with Gasteiger partial charge in [-0.2, -0.15) is 0 Å². The smallest absolute Gasteiger partial charge is 0.342 e. The highest BCUT2D eigenvalue weighted by atomic mass is 32.1. The van der Waals surface area contributed by atoms with Crippen molar-refractivity contribution >= 4 is 44.4 Å². The number of benzene rings is 1. The van der Waals surface area contributed by atoms with E-state index in [9.17, 15) is 14.7 Å². The van der Waals surface area contributed by atoms with Gasteiger partial charge < -0.3 is 15.3 Å². The van der Waals surface area contributed by atoms with E-state index in [0.29, 0.717) is 28.0 Å². The van der Waals surface area contributed by atoms with E-state index in [-0.39, 0.29) is 11.9 Å². The van der Waals surface area contributed by atoms with Gasteiger partial charge in [0.1, 0.15) is 16.2 Å². The van der Waals surface area contributed by atoms with Crippen LogP contribution in [0.4, 0.5) is 5.82 Å². The van der Waals surface area contributed by atoms with Gasteiger partial charge in [0.05, 0.1) is 15.8 Å². The highest BCUT2D eigenvalue weighted by Gasteiger charge is 2.40. The van der Waals surface area contributed by atoms with Crippen molar-refractivity contribution in [2.45, 2.75) is 12.7 Å². The average Bonchev–Trinajstić information content (AvgIpc) is 3.34. The number of aromatic nitrogens is 1. The first-order chi connectivity index (χ1) is 15.0. The van der Waals surface area contributed by atoms with Crippen LogP contribution >= 0.6 is 11.3 Å². The molecule has 0 spiro atoms. The molecular formula is C22H23N5O3S. The molecule has 0 amide bonds. The Hall–Kier alpha value is -2.75. The van der Waals surface area contributed by atoms with Gasteiger partial charge >= 0.3 is 5.97 Å². The standard InChI is InChI=1S/C22H23N5O3S/c1-25-7-6-12-10-26(11-13(12)9-25)22-23-8-14-18(28)17(21(29)30)20-27(19(14)24-22)15-4-2-3-5-16(15)31-20/h2-5,8,12-13,22,24H,6-7,9-11H2,1H3,(H,29,30)/t12-,13-,22?/m1/s1. The van der Waals surface area contributed by atoms with Gasteiger partial charge in [-0.05, 0) is 44.0 Å². The molecule has 2 aromatic heterocycles. The molecule has 0 bridgehead atoms. The molecule has 9 heteroatoms. The minimum absolute atomic E-state index is 0.193. The van der Waals surface area contributed by atoms with Gasteiger partial charge in [0, 0.05) is 25.8 Å². The predicted molar refractivity (Wildman–Crippen MR) is 122 cm³/mol. The summed E-state index contributed by atoms with van der Waals surface area (Å²) in [6.45, 7) is 4.19. The van der Waals surface area contributed by atoms with Crippen LogP contribution in [0.2, 0.25) is 0 Å². The van der Waals surface area contributed by atoms with E-state index in [4.69, 9.17) is 0 Å². The summed E-state index contributed by atoms with van der Waals surface area (Å²) >= 11 is 1.33. The summed E-state index contributed by atoms with van der Waals surface area (Å²) in [6.07, 6.45) is 2.51. The van der Waals surface area contributed by atoms with Crippen molar-refractivity contribution < 1.29 is 9.90 Å². The maximum Gasteiger partial charge on any atom is 0.342 e. The lowest BCUT2D eigenvalue weighted by Gasteiger charge is -2.31. The SMILES string of the molecule is CN1CC[C@@H]2CN(C3N=Cc4c(n5c(sc6ccccc65)c(C(=O)O)c4=O)N3)C[C@H]2C1. The quantitative estimate of drug-likeness (QED) is 0.639. The number of nitrogens with zero attached hydrogens (tertiary/aromatic N) is 4. The van der Waals surface area contributed by atoms with Crippen LogP contribution in [0.15, 0.2) is 34.1 Å². The molecule has 0 aliphatic carbocycles. The summed E-state index contributed by atoms with van der Waals surface area (Å²) in [5, 5.41) is 13.3. The molecule has 0 radical (unpaired) electrons. The summed E-state index contributed by atoms with van der Waals surface area (Å²) in [7, 11) is 2.18. The normalized spacial score (nSPS) is 26.2. The largest absolute Gasteiger partial charge is 0.477 e. The van der Waals surface area contributed by atoms with Crippen molar-refractivity contribution in [3.8, 4) is 0 Å². The molecule has 160 valence electrons. The Morgan fingerprint density at radius 3 is 2.87 bits per heavy atom. The van der Waals surface area contributed by atoms with Gasteiger partial charge in [-0.3, -0.25) is 19.1 Å². The molecule has 3 aliphatic rings. The van der Waals surface area contributed by atoms with E-state index in [2.05, 4.69) is 27.2 Å². The molecule has 2 N–H and O–H groups in total. The van der Waals surface area contributed by atoms with Gasteiger partial charge in [-0.1, -0.05) is 12.1 Å². The van der Waals surface area contributed by atoms with E-state index < -0.39 is 11.4 Å². The Morgan fingerprint density at radius 1 is 1.23 bits per heavy atom. The first kappa shape index (κ1) is 19.0. The van der Waals surface area contributed by atoms with Crippen molar-refractivity contribution in [3.05, 3.63) is 45.6 Å². The van der Waals surface area contributed by atoms with Gasteiger partial charge in [0.25, 0.3) is 0 Å². The van der Waals surface area contributed by atoms with E-state index in [1.54, 1.807) is 6.21 Å². The maximum absolute atomic E-state index is 13.1. The topological polar surface area (TPSA) is 89.7 Å². The number of carboxylic acids is 1. The molecule has 1 unspecified atom stereocenters. The number of nitrogens with one attached hydrogen (secondary N) is 1. The van der Waals surface area contributed by atoms with E-state index in [0.717, 1.165) is 36.4 Å². The number of carbonyl (C=O) groups is 1. The van der Waals surface area contributed by atoms with Crippen molar-refractivity contribution in [3.63, 3.8) is 0 Å². The molecule has 6 rings (SSSR count). The summed E-state index contributed by atoms with van der Waals surface area (Å²) < 4.78 is 2.82. The number of fused-ring (bicyclic) bond motifs is 6. The van der Waals surface area contributed by atoms with Crippen molar-refractivity contribution in [1.82, 2.24) is 14.2 Å². The lowest BCUT2D eigenvalue weighted by Crippen LogP contribution is -2.42. The number of anilines is 1. The van der Waals surface area contributed by atoms with Crippen LogP contribution in [0.1, 0.15) is 22.3 Å². The Morgan fingerprint density at radius 2 is 2.03 bits per heavy atom. The number of carboxylic acid groups (broad SMARTS) is 1. The third-order valence-corrected chi connectivity index (χ3v) is 8.03. The summed E-state index contributed by atoms with van der Waals surface area (Å²) in [5.41, 5.74) is 0.521. The number of hydrogen-bond donors (Lipinski definition) is 2. The maximum atomic E-state index is 13.1. The molecule has 3 aliphatic heterocycles. The second kappa shape index (κ2) is 6.88. The van der Waals surface area contributed by atoms with Crippen LogP contribution in [-0.2, 0) is 0 Å². The second-order valence-corrected chi connectivity index (χ2v) is 9.83. The fraction of sp³-hybridized carbons (Fsp3) is 0.409. The summed E-state index contributed by atoms with van der Waals surface area (Å²) in [5.74, 6) is 0.736. The van der Waals surface area contributed by atoms with E-state index in [1.807, 2.05) is 28.7 Å². The zero-order valence-corrected chi connectivity index (χ0v) is 17.9. The van der Waals surface area contributed by atoms with Crippen LogP contribution in [0, 0.1) is 11.8 Å².